The lowest BCUT2D eigenvalue weighted by Crippen LogP contribution is -2.60. The zero-order valence-corrected chi connectivity index (χ0v) is 22.2. The quantitative estimate of drug-likeness (QED) is 0.350. The van der Waals surface area contributed by atoms with Gasteiger partial charge in [-0.3, -0.25) is 19.3 Å². The lowest BCUT2D eigenvalue weighted by Gasteiger charge is -2.38. The van der Waals surface area contributed by atoms with E-state index in [1.807, 2.05) is 42.5 Å². The minimum atomic E-state index is -0.905. The topological polar surface area (TPSA) is 113 Å². The van der Waals surface area contributed by atoms with Crippen LogP contribution >= 0.6 is 27.5 Å². The molecule has 38 heavy (non-hydrogen) atoms. The van der Waals surface area contributed by atoms with E-state index in [9.17, 15) is 14.4 Å². The number of halogens is 2. The van der Waals surface area contributed by atoms with Crippen molar-refractivity contribution in [3.63, 3.8) is 0 Å². The molecule has 4 aromatic rings. The van der Waals surface area contributed by atoms with E-state index in [4.69, 9.17) is 11.6 Å². The monoisotopic (exact) mass is 593 g/mol. The van der Waals surface area contributed by atoms with E-state index < -0.39 is 6.04 Å². The van der Waals surface area contributed by atoms with Gasteiger partial charge in [-0.1, -0.05) is 57.9 Å². The molecule has 192 valence electrons. The third kappa shape index (κ3) is 5.58. The molecule has 5 rings (SSSR count). The lowest BCUT2D eigenvalue weighted by atomic mass is 10.0. The smallest absolute Gasteiger partial charge is 0.247 e. The minimum absolute atomic E-state index is 0.245. The summed E-state index contributed by atoms with van der Waals surface area (Å²) in [7, 11) is 0. The Labute approximate surface area is 231 Å². The minimum Gasteiger partial charge on any atom is -0.324 e. The molecule has 1 saturated heterocycles. The second-order valence-corrected chi connectivity index (χ2v) is 9.94. The molecule has 1 atom stereocenters. The Bertz CT molecular complexity index is 1470. The number of nitrogens with one attached hydrogen (secondary N) is 1. The third-order valence-corrected chi connectivity index (χ3v) is 6.87. The van der Waals surface area contributed by atoms with Crippen LogP contribution in [0, 0.1) is 0 Å². The molecule has 0 bridgehead atoms. The number of hydrogen-bond donors (Lipinski definition) is 1. The van der Waals surface area contributed by atoms with E-state index in [1.54, 1.807) is 30.3 Å². The number of carbonyl (C=O) groups excluding carboxylic acids is 3. The van der Waals surface area contributed by atoms with Crippen LogP contribution in [0.25, 0.3) is 5.69 Å². The highest BCUT2D eigenvalue weighted by atomic mass is 79.9. The highest BCUT2D eigenvalue weighted by molar-refractivity contribution is 9.10. The fraction of sp³-hybridized carbons (Fsp3) is 0.154. The molecule has 2 heterocycles. The summed E-state index contributed by atoms with van der Waals surface area (Å²) in [5, 5.41) is 14.5. The van der Waals surface area contributed by atoms with Gasteiger partial charge in [0, 0.05) is 21.6 Å². The van der Waals surface area contributed by atoms with Crippen LogP contribution < -0.4 is 10.2 Å². The molecule has 3 amide bonds. The fourth-order valence-electron chi connectivity index (χ4n) is 4.26. The molecular formula is C26H21BrClN7O3. The summed E-state index contributed by atoms with van der Waals surface area (Å²) in [5.41, 5.74) is 2.32. The van der Waals surface area contributed by atoms with Crippen LogP contribution in [0.15, 0.2) is 83.6 Å². The first kappa shape index (κ1) is 25.6. The van der Waals surface area contributed by atoms with Crippen molar-refractivity contribution in [3.8, 4) is 5.69 Å². The van der Waals surface area contributed by atoms with E-state index in [0.717, 1.165) is 10.0 Å². The van der Waals surface area contributed by atoms with Crippen LogP contribution in [0.5, 0.6) is 0 Å². The summed E-state index contributed by atoms with van der Waals surface area (Å²) in [5.74, 6) is -1.13. The Kier molecular flexibility index (Phi) is 7.47. The van der Waals surface area contributed by atoms with Crippen molar-refractivity contribution in [3.05, 3.63) is 94.2 Å². The van der Waals surface area contributed by atoms with Crippen LogP contribution in [0.2, 0.25) is 5.02 Å². The molecule has 1 fully saturated rings. The third-order valence-electron chi connectivity index (χ3n) is 6.11. The average molecular weight is 595 g/mol. The van der Waals surface area contributed by atoms with Gasteiger partial charge in [-0.15, -0.1) is 5.10 Å². The zero-order chi connectivity index (χ0) is 26.6. The second kappa shape index (κ2) is 11.1. The van der Waals surface area contributed by atoms with Crippen LogP contribution in [0.4, 0.5) is 11.4 Å². The molecule has 1 N–H and O–H groups in total. The maximum atomic E-state index is 13.5. The lowest BCUT2D eigenvalue weighted by molar-refractivity contribution is -0.143. The van der Waals surface area contributed by atoms with E-state index in [0.29, 0.717) is 22.1 Å². The maximum Gasteiger partial charge on any atom is 0.247 e. The number of piperazine rings is 1. The van der Waals surface area contributed by atoms with Gasteiger partial charge in [0.15, 0.2) is 0 Å². The van der Waals surface area contributed by atoms with Crippen LogP contribution in [0.3, 0.4) is 0 Å². The van der Waals surface area contributed by atoms with Gasteiger partial charge in [-0.05, 0) is 58.5 Å². The molecule has 3 aromatic carbocycles. The van der Waals surface area contributed by atoms with Crippen molar-refractivity contribution in [2.24, 2.45) is 0 Å². The number of benzene rings is 3. The highest BCUT2D eigenvalue weighted by Crippen LogP contribution is 2.30. The zero-order valence-electron chi connectivity index (χ0n) is 19.9. The van der Waals surface area contributed by atoms with Crippen LogP contribution in [-0.2, 0) is 20.8 Å². The number of carbonyl (C=O) groups is 3. The summed E-state index contributed by atoms with van der Waals surface area (Å²) >= 11 is 9.61. The summed E-state index contributed by atoms with van der Waals surface area (Å²) < 4.78 is 2.26. The van der Waals surface area contributed by atoms with Gasteiger partial charge < -0.3 is 10.2 Å². The van der Waals surface area contributed by atoms with Gasteiger partial charge >= 0.3 is 0 Å². The molecule has 0 spiro atoms. The first-order chi connectivity index (χ1) is 18.4. The Hall–Kier alpha value is -4.09. The highest BCUT2D eigenvalue weighted by Gasteiger charge is 2.39. The van der Waals surface area contributed by atoms with Crippen molar-refractivity contribution in [1.29, 1.82) is 0 Å². The predicted molar refractivity (Wildman–Crippen MR) is 145 cm³/mol. The molecule has 1 unspecified atom stereocenters. The maximum absolute atomic E-state index is 13.5. The Morgan fingerprint density at radius 3 is 2.45 bits per heavy atom. The van der Waals surface area contributed by atoms with Gasteiger partial charge in [0.2, 0.25) is 17.7 Å². The number of amides is 3. The summed E-state index contributed by atoms with van der Waals surface area (Å²) in [6, 6.07) is 20.5. The molecule has 12 heteroatoms. The second-order valence-electron chi connectivity index (χ2n) is 8.59. The number of tetrazole rings is 1. The molecule has 0 saturated carbocycles. The Balaban J connectivity index is 1.43. The largest absolute Gasteiger partial charge is 0.324 e. The number of aromatic nitrogens is 4. The SMILES string of the molecule is O=C(Nc1ccc(Br)cc1)C(Cc1ccccc1)N1CC(=O)N(c2cc(Cl)ccc2-n2cnnn2)CC1=O. The molecule has 0 radical (unpaired) electrons. The first-order valence-electron chi connectivity index (χ1n) is 11.6. The van der Waals surface area contributed by atoms with Gasteiger partial charge in [0.05, 0.1) is 11.4 Å². The van der Waals surface area contributed by atoms with Gasteiger partial charge in [-0.25, -0.2) is 0 Å². The first-order valence-corrected chi connectivity index (χ1v) is 12.8. The van der Waals surface area contributed by atoms with E-state index in [2.05, 4.69) is 36.8 Å². The molecule has 10 nitrogen and oxygen atoms in total. The molecular weight excluding hydrogens is 574 g/mol. The summed E-state index contributed by atoms with van der Waals surface area (Å²) in [6.07, 6.45) is 1.63. The summed E-state index contributed by atoms with van der Waals surface area (Å²) in [6.45, 7) is -0.559. The van der Waals surface area contributed by atoms with Crippen molar-refractivity contribution >= 4 is 56.6 Å². The van der Waals surface area contributed by atoms with Crippen molar-refractivity contribution in [2.45, 2.75) is 12.5 Å². The molecule has 1 aromatic heterocycles. The van der Waals surface area contributed by atoms with E-state index in [1.165, 1.54) is 20.8 Å². The standard InChI is InChI=1S/C26H21BrClN7O3/c27-18-6-9-20(10-7-18)30-26(38)23(12-17-4-2-1-3-5-17)34-15-24(36)33(14-25(34)37)22-13-19(28)8-11-21(22)35-16-29-31-32-35/h1-11,13,16,23H,12,14-15H2,(H,30,38). The van der Waals surface area contributed by atoms with E-state index >= 15 is 0 Å². The van der Waals surface area contributed by atoms with Gasteiger partial charge in [0.25, 0.3) is 0 Å². The number of hydrogen-bond acceptors (Lipinski definition) is 6. The van der Waals surface area contributed by atoms with Crippen LogP contribution in [0.1, 0.15) is 5.56 Å². The molecule has 1 aliphatic heterocycles. The average Bonchev–Trinajstić information content (AvgIpc) is 3.45. The molecule has 0 aliphatic carbocycles. The van der Waals surface area contributed by atoms with Gasteiger partial charge in [0.1, 0.15) is 25.5 Å². The Morgan fingerprint density at radius 1 is 0.974 bits per heavy atom. The normalized spacial score (nSPS) is 14.5. The number of nitrogens with zero attached hydrogens (tertiary/aromatic N) is 6. The summed E-state index contributed by atoms with van der Waals surface area (Å²) in [4.78, 5) is 43.1. The van der Waals surface area contributed by atoms with Crippen molar-refractivity contribution < 1.29 is 14.4 Å². The fourth-order valence-corrected chi connectivity index (χ4v) is 4.69. The molecule has 1 aliphatic rings. The van der Waals surface area contributed by atoms with E-state index in [-0.39, 0.29) is 37.2 Å². The number of anilines is 2. The van der Waals surface area contributed by atoms with Crippen molar-refractivity contribution in [2.75, 3.05) is 23.3 Å². The van der Waals surface area contributed by atoms with Gasteiger partial charge in [-0.2, -0.15) is 4.68 Å². The number of rotatable bonds is 7. The predicted octanol–water partition coefficient (Wildman–Crippen LogP) is 3.50. The van der Waals surface area contributed by atoms with Crippen molar-refractivity contribution in [1.82, 2.24) is 25.1 Å². The Morgan fingerprint density at radius 2 is 1.74 bits per heavy atom. The van der Waals surface area contributed by atoms with Crippen LogP contribution in [-0.4, -0.2) is 62.0 Å².